The van der Waals surface area contributed by atoms with Crippen molar-refractivity contribution in [2.45, 2.75) is 51.6 Å². The standard InChI is InChI=1S/C17H28N2/c1-12(2)14-5-7-15(8-6-14)13(3)19(4)17(11-18)16-9-10-16/h5-8,12-13,16-17H,9-11,18H2,1-4H3. The van der Waals surface area contributed by atoms with Gasteiger partial charge in [-0.2, -0.15) is 0 Å². The summed E-state index contributed by atoms with van der Waals surface area (Å²) in [6.45, 7) is 7.54. The van der Waals surface area contributed by atoms with Crippen molar-refractivity contribution in [3.05, 3.63) is 35.4 Å². The molecule has 0 bridgehead atoms. The van der Waals surface area contributed by atoms with Crippen LogP contribution in [0.1, 0.15) is 56.7 Å². The molecule has 2 nitrogen and oxygen atoms in total. The van der Waals surface area contributed by atoms with Crippen LogP contribution in [0.15, 0.2) is 24.3 Å². The average Bonchev–Trinajstić information content (AvgIpc) is 3.23. The molecular weight excluding hydrogens is 232 g/mol. The third-order valence-electron chi connectivity index (χ3n) is 4.63. The Hall–Kier alpha value is -0.860. The third kappa shape index (κ3) is 3.37. The van der Waals surface area contributed by atoms with Crippen molar-refractivity contribution < 1.29 is 0 Å². The van der Waals surface area contributed by atoms with E-state index in [4.69, 9.17) is 5.73 Å². The van der Waals surface area contributed by atoms with Crippen molar-refractivity contribution in [2.24, 2.45) is 11.7 Å². The summed E-state index contributed by atoms with van der Waals surface area (Å²) in [6, 6.07) is 10.1. The van der Waals surface area contributed by atoms with Gasteiger partial charge < -0.3 is 5.73 Å². The fourth-order valence-electron chi connectivity index (χ4n) is 2.85. The fraction of sp³-hybridized carbons (Fsp3) is 0.647. The van der Waals surface area contributed by atoms with Crippen molar-refractivity contribution >= 4 is 0 Å². The fourth-order valence-corrected chi connectivity index (χ4v) is 2.85. The zero-order valence-corrected chi connectivity index (χ0v) is 12.8. The molecule has 2 rings (SSSR count). The van der Waals surface area contributed by atoms with Gasteiger partial charge in [0.05, 0.1) is 0 Å². The lowest BCUT2D eigenvalue weighted by Crippen LogP contribution is -2.41. The second kappa shape index (κ2) is 6.06. The molecule has 0 saturated heterocycles. The van der Waals surface area contributed by atoms with Crippen molar-refractivity contribution in [1.82, 2.24) is 4.90 Å². The molecule has 0 heterocycles. The second-order valence-corrected chi connectivity index (χ2v) is 6.30. The summed E-state index contributed by atoms with van der Waals surface area (Å²) in [5.41, 5.74) is 8.76. The SMILES string of the molecule is CC(C)c1ccc(C(C)N(C)C(CN)C2CC2)cc1. The van der Waals surface area contributed by atoms with E-state index in [1.807, 2.05) is 0 Å². The van der Waals surface area contributed by atoms with Gasteiger partial charge in [0, 0.05) is 18.6 Å². The molecule has 2 heteroatoms. The van der Waals surface area contributed by atoms with Gasteiger partial charge in [0.1, 0.15) is 0 Å². The molecule has 2 unspecified atom stereocenters. The van der Waals surface area contributed by atoms with Gasteiger partial charge in [-0.1, -0.05) is 38.1 Å². The van der Waals surface area contributed by atoms with Gasteiger partial charge in [0.15, 0.2) is 0 Å². The van der Waals surface area contributed by atoms with E-state index >= 15 is 0 Å². The van der Waals surface area contributed by atoms with Crippen LogP contribution in [-0.4, -0.2) is 24.5 Å². The first-order valence-electron chi connectivity index (χ1n) is 7.56. The number of benzene rings is 1. The maximum absolute atomic E-state index is 5.95. The Morgan fingerprint density at radius 1 is 1.11 bits per heavy atom. The van der Waals surface area contributed by atoms with Crippen molar-refractivity contribution in [2.75, 3.05) is 13.6 Å². The van der Waals surface area contributed by atoms with Crippen LogP contribution in [0, 0.1) is 5.92 Å². The summed E-state index contributed by atoms with van der Waals surface area (Å²) >= 11 is 0. The van der Waals surface area contributed by atoms with Crippen LogP contribution in [0.4, 0.5) is 0 Å². The smallest absolute Gasteiger partial charge is 0.0320 e. The Morgan fingerprint density at radius 3 is 2.05 bits per heavy atom. The molecule has 1 saturated carbocycles. The normalized spacial score (nSPS) is 18.9. The number of likely N-dealkylation sites (N-methyl/N-ethyl adjacent to an activating group) is 1. The number of hydrogen-bond donors (Lipinski definition) is 1. The summed E-state index contributed by atoms with van der Waals surface area (Å²) < 4.78 is 0. The Bertz CT molecular complexity index is 392. The van der Waals surface area contributed by atoms with E-state index in [0.717, 1.165) is 12.5 Å². The van der Waals surface area contributed by atoms with Gasteiger partial charge in [0.25, 0.3) is 0 Å². The van der Waals surface area contributed by atoms with Crippen LogP contribution < -0.4 is 5.73 Å². The van der Waals surface area contributed by atoms with Gasteiger partial charge >= 0.3 is 0 Å². The molecule has 106 valence electrons. The minimum Gasteiger partial charge on any atom is -0.329 e. The van der Waals surface area contributed by atoms with Crippen molar-refractivity contribution in [1.29, 1.82) is 0 Å². The maximum atomic E-state index is 5.95. The predicted molar refractivity (Wildman–Crippen MR) is 82.3 cm³/mol. The zero-order valence-electron chi connectivity index (χ0n) is 12.8. The largest absolute Gasteiger partial charge is 0.329 e. The summed E-state index contributed by atoms with van der Waals surface area (Å²) in [6.07, 6.45) is 2.70. The number of nitrogens with zero attached hydrogens (tertiary/aromatic N) is 1. The molecule has 0 amide bonds. The lowest BCUT2D eigenvalue weighted by molar-refractivity contribution is 0.170. The highest BCUT2D eigenvalue weighted by atomic mass is 15.2. The molecule has 19 heavy (non-hydrogen) atoms. The van der Waals surface area contributed by atoms with Crippen LogP contribution in [-0.2, 0) is 0 Å². The quantitative estimate of drug-likeness (QED) is 0.847. The molecule has 0 aromatic heterocycles. The molecule has 1 aliphatic rings. The van der Waals surface area contributed by atoms with E-state index in [1.165, 1.54) is 24.0 Å². The Morgan fingerprint density at radius 2 is 1.63 bits per heavy atom. The number of rotatable bonds is 6. The van der Waals surface area contributed by atoms with Gasteiger partial charge in [-0.3, -0.25) is 4.90 Å². The molecule has 0 spiro atoms. The Kier molecular flexibility index (Phi) is 4.64. The van der Waals surface area contributed by atoms with Crippen LogP contribution >= 0.6 is 0 Å². The van der Waals surface area contributed by atoms with Crippen molar-refractivity contribution in [3.63, 3.8) is 0 Å². The predicted octanol–water partition coefficient (Wildman–Crippen LogP) is 3.54. The van der Waals surface area contributed by atoms with E-state index in [1.54, 1.807) is 0 Å². The van der Waals surface area contributed by atoms with E-state index in [0.29, 0.717) is 18.0 Å². The minimum absolute atomic E-state index is 0.440. The first-order chi connectivity index (χ1) is 9.04. The lowest BCUT2D eigenvalue weighted by atomic mass is 9.98. The Labute approximate surface area is 118 Å². The molecular formula is C17H28N2. The lowest BCUT2D eigenvalue weighted by Gasteiger charge is -2.33. The summed E-state index contributed by atoms with van der Waals surface area (Å²) in [4.78, 5) is 2.46. The third-order valence-corrected chi connectivity index (χ3v) is 4.63. The monoisotopic (exact) mass is 260 g/mol. The van der Waals surface area contributed by atoms with Crippen LogP contribution in [0.25, 0.3) is 0 Å². The molecule has 1 aromatic carbocycles. The van der Waals surface area contributed by atoms with Crippen LogP contribution in [0.2, 0.25) is 0 Å². The maximum Gasteiger partial charge on any atom is 0.0320 e. The van der Waals surface area contributed by atoms with Crippen molar-refractivity contribution in [3.8, 4) is 0 Å². The molecule has 0 radical (unpaired) electrons. The molecule has 1 aromatic rings. The first kappa shape index (κ1) is 14.5. The molecule has 2 atom stereocenters. The van der Waals surface area contributed by atoms with Gasteiger partial charge in [-0.25, -0.2) is 0 Å². The summed E-state index contributed by atoms with van der Waals surface area (Å²) in [5, 5.41) is 0. The number of hydrogen-bond acceptors (Lipinski definition) is 2. The van der Waals surface area contributed by atoms with Gasteiger partial charge in [-0.15, -0.1) is 0 Å². The highest BCUT2D eigenvalue weighted by Crippen LogP contribution is 2.37. The van der Waals surface area contributed by atoms with E-state index in [-0.39, 0.29) is 0 Å². The van der Waals surface area contributed by atoms with Crippen LogP contribution in [0.3, 0.4) is 0 Å². The van der Waals surface area contributed by atoms with E-state index in [9.17, 15) is 0 Å². The highest BCUT2D eigenvalue weighted by Gasteiger charge is 2.34. The topological polar surface area (TPSA) is 29.3 Å². The molecule has 1 fully saturated rings. The Balaban J connectivity index is 2.07. The first-order valence-corrected chi connectivity index (χ1v) is 7.56. The number of nitrogens with two attached hydrogens (primary N) is 1. The summed E-state index contributed by atoms with van der Waals surface area (Å²) in [5.74, 6) is 1.43. The highest BCUT2D eigenvalue weighted by molar-refractivity contribution is 5.26. The minimum atomic E-state index is 0.440. The summed E-state index contributed by atoms with van der Waals surface area (Å²) in [7, 11) is 2.22. The van der Waals surface area contributed by atoms with E-state index in [2.05, 4.69) is 57.0 Å². The van der Waals surface area contributed by atoms with Crippen LogP contribution in [0.5, 0.6) is 0 Å². The van der Waals surface area contributed by atoms with Gasteiger partial charge in [-0.05, 0) is 49.8 Å². The van der Waals surface area contributed by atoms with E-state index < -0.39 is 0 Å². The molecule has 0 aliphatic heterocycles. The zero-order chi connectivity index (χ0) is 14.0. The average molecular weight is 260 g/mol. The second-order valence-electron chi connectivity index (χ2n) is 6.30. The molecule has 1 aliphatic carbocycles. The van der Waals surface area contributed by atoms with Gasteiger partial charge in [0.2, 0.25) is 0 Å². The molecule has 2 N–H and O–H groups in total.